The number of nitrogens with zero attached hydrogens (tertiary/aromatic N) is 1. The number of rotatable bonds is 3. The molecule has 1 fully saturated rings. The van der Waals surface area contributed by atoms with Crippen LogP contribution in [0.3, 0.4) is 0 Å². The lowest BCUT2D eigenvalue weighted by Crippen LogP contribution is -2.21. The molecular formula is C10H13N3O2S2. The van der Waals surface area contributed by atoms with Gasteiger partial charge in [-0.15, -0.1) is 0 Å². The van der Waals surface area contributed by atoms with Crippen molar-refractivity contribution in [3.8, 4) is 0 Å². The highest BCUT2D eigenvalue weighted by Gasteiger charge is 2.27. The molecule has 1 saturated heterocycles. The molecule has 1 aromatic rings. The van der Waals surface area contributed by atoms with Crippen LogP contribution >= 0.6 is 12.2 Å². The molecule has 1 aliphatic rings. The normalized spacial score (nSPS) is 22.2. The zero-order chi connectivity index (χ0) is 12.5. The van der Waals surface area contributed by atoms with Gasteiger partial charge in [0.05, 0.1) is 11.5 Å². The zero-order valence-corrected chi connectivity index (χ0v) is 10.7. The molecule has 3 N–H and O–H groups in total. The number of thiocarbonyl (C=S) groups is 1. The minimum atomic E-state index is -2.88. The van der Waals surface area contributed by atoms with Crippen LogP contribution in [-0.4, -0.2) is 35.9 Å². The minimum absolute atomic E-state index is 0.0749. The lowest BCUT2D eigenvalue weighted by molar-refractivity contribution is 0.602. The maximum atomic E-state index is 11.3. The first-order valence-corrected chi connectivity index (χ1v) is 7.42. The number of hydrogen-bond donors (Lipinski definition) is 2. The molecule has 1 unspecified atom stereocenters. The smallest absolute Gasteiger partial charge is 0.152 e. The molecule has 0 saturated carbocycles. The first-order chi connectivity index (χ1) is 7.96. The third-order valence-corrected chi connectivity index (χ3v) is 4.63. The van der Waals surface area contributed by atoms with Gasteiger partial charge in [-0.05, 0) is 18.6 Å². The average Bonchev–Trinajstić information content (AvgIpc) is 2.58. The van der Waals surface area contributed by atoms with Gasteiger partial charge in [-0.3, -0.25) is 0 Å². The van der Waals surface area contributed by atoms with E-state index in [2.05, 4.69) is 10.3 Å². The Morgan fingerprint density at radius 3 is 2.94 bits per heavy atom. The van der Waals surface area contributed by atoms with Gasteiger partial charge in [0.1, 0.15) is 10.8 Å². The Bertz CT molecular complexity index is 542. The Hall–Kier alpha value is -1.21. The van der Waals surface area contributed by atoms with Crippen molar-refractivity contribution >= 4 is 32.9 Å². The quantitative estimate of drug-likeness (QED) is 0.770. The largest absolute Gasteiger partial charge is 0.389 e. The molecule has 5 nitrogen and oxygen atoms in total. The lowest BCUT2D eigenvalue weighted by Gasteiger charge is -2.11. The second-order valence-electron chi connectivity index (χ2n) is 4.04. The van der Waals surface area contributed by atoms with Gasteiger partial charge in [0.15, 0.2) is 9.84 Å². The molecule has 0 aliphatic carbocycles. The summed E-state index contributed by atoms with van der Waals surface area (Å²) >= 11 is 4.87. The first-order valence-electron chi connectivity index (χ1n) is 5.19. The number of nitrogens with one attached hydrogen (secondary N) is 1. The van der Waals surface area contributed by atoms with Crippen LogP contribution in [0.4, 0.5) is 5.82 Å². The molecule has 2 heterocycles. The van der Waals surface area contributed by atoms with Crippen LogP contribution in [0.1, 0.15) is 12.0 Å². The van der Waals surface area contributed by atoms with Gasteiger partial charge in [-0.2, -0.15) is 0 Å². The van der Waals surface area contributed by atoms with Gasteiger partial charge in [0, 0.05) is 17.8 Å². The number of aromatic nitrogens is 1. The van der Waals surface area contributed by atoms with Gasteiger partial charge in [-0.25, -0.2) is 13.4 Å². The molecule has 1 atom stereocenters. The summed E-state index contributed by atoms with van der Waals surface area (Å²) in [5.74, 6) is 1.00. The maximum Gasteiger partial charge on any atom is 0.152 e. The fourth-order valence-corrected chi connectivity index (χ4v) is 3.58. The van der Waals surface area contributed by atoms with Crippen molar-refractivity contribution in [2.45, 2.75) is 12.5 Å². The second kappa shape index (κ2) is 4.58. The van der Waals surface area contributed by atoms with E-state index >= 15 is 0 Å². The van der Waals surface area contributed by atoms with Crippen molar-refractivity contribution in [2.75, 3.05) is 16.8 Å². The summed E-state index contributed by atoms with van der Waals surface area (Å²) in [5.41, 5.74) is 6.23. The van der Waals surface area contributed by atoms with Gasteiger partial charge < -0.3 is 11.1 Å². The van der Waals surface area contributed by atoms with Gasteiger partial charge >= 0.3 is 0 Å². The topological polar surface area (TPSA) is 85.1 Å². The molecule has 0 amide bonds. The SMILES string of the molecule is NC(=S)c1ccnc(NC2CCS(=O)(=O)C2)c1. The molecule has 2 rings (SSSR count). The van der Waals surface area contributed by atoms with Crippen molar-refractivity contribution in [3.63, 3.8) is 0 Å². The number of nitrogens with two attached hydrogens (primary N) is 1. The predicted octanol–water partition coefficient (Wildman–Crippen LogP) is 0.315. The van der Waals surface area contributed by atoms with E-state index < -0.39 is 9.84 Å². The van der Waals surface area contributed by atoms with E-state index in [1.54, 1.807) is 18.3 Å². The third kappa shape index (κ3) is 3.13. The number of anilines is 1. The molecule has 0 spiro atoms. The van der Waals surface area contributed by atoms with Crippen molar-refractivity contribution < 1.29 is 8.42 Å². The summed E-state index contributed by atoms with van der Waals surface area (Å²) in [6.45, 7) is 0. The highest BCUT2D eigenvalue weighted by Crippen LogP contribution is 2.16. The number of pyridine rings is 1. The summed E-state index contributed by atoms with van der Waals surface area (Å²) in [4.78, 5) is 4.41. The summed E-state index contributed by atoms with van der Waals surface area (Å²) in [6, 6.07) is 3.38. The van der Waals surface area contributed by atoms with Crippen LogP contribution in [-0.2, 0) is 9.84 Å². The Labute approximate surface area is 105 Å². The minimum Gasteiger partial charge on any atom is -0.389 e. The van der Waals surface area contributed by atoms with Crippen LogP contribution < -0.4 is 11.1 Å². The van der Waals surface area contributed by atoms with Gasteiger partial charge in [0.25, 0.3) is 0 Å². The Kier molecular flexibility index (Phi) is 3.30. The monoisotopic (exact) mass is 271 g/mol. The molecule has 1 aliphatic heterocycles. The van der Waals surface area contributed by atoms with Crippen molar-refractivity contribution in [3.05, 3.63) is 23.9 Å². The number of hydrogen-bond acceptors (Lipinski definition) is 5. The Morgan fingerprint density at radius 2 is 2.35 bits per heavy atom. The molecule has 0 radical (unpaired) electrons. The molecule has 92 valence electrons. The number of sulfone groups is 1. The Balaban J connectivity index is 2.09. The second-order valence-corrected chi connectivity index (χ2v) is 6.71. The standard InChI is InChI=1S/C10H13N3O2S2/c11-10(16)7-1-3-12-9(5-7)13-8-2-4-17(14,15)6-8/h1,3,5,8H,2,4,6H2,(H2,11,16)(H,12,13). The summed E-state index contributed by atoms with van der Waals surface area (Å²) in [5, 5.41) is 3.09. The first kappa shape index (κ1) is 12.3. The third-order valence-electron chi connectivity index (χ3n) is 2.63. The van der Waals surface area contributed by atoms with Crippen LogP contribution in [0, 0.1) is 0 Å². The fourth-order valence-electron chi connectivity index (χ4n) is 1.78. The van der Waals surface area contributed by atoms with Crippen molar-refractivity contribution in [1.82, 2.24) is 4.98 Å². The summed E-state index contributed by atoms with van der Waals surface area (Å²) in [7, 11) is -2.88. The van der Waals surface area contributed by atoms with E-state index in [1.807, 2.05) is 0 Å². The van der Waals surface area contributed by atoms with E-state index in [0.29, 0.717) is 17.2 Å². The molecule has 7 heteroatoms. The molecule has 1 aromatic heterocycles. The van der Waals surface area contributed by atoms with Crippen LogP contribution in [0.5, 0.6) is 0 Å². The zero-order valence-electron chi connectivity index (χ0n) is 9.09. The molecular weight excluding hydrogens is 258 g/mol. The average molecular weight is 271 g/mol. The van der Waals surface area contributed by atoms with Crippen LogP contribution in [0.25, 0.3) is 0 Å². The highest BCUT2D eigenvalue weighted by molar-refractivity contribution is 7.91. The van der Waals surface area contributed by atoms with Crippen LogP contribution in [0.15, 0.2) is 18.3 Å². The lowest BCUT2D eigenvalue weighted by atomic mass is 10.2. The predicted molar refractivity (Wildman–Crippen MR) is 70.8 cm³/mol. The van der Waals surface area contributed by atoms with Gasteiger partial charge in [-0.1, -0.05) is 12.2 Å². The van der Waals surface area contributed by atoms with Crippen LogP contribution in [0.2, 0.25) is 0 Å². The molecule has 0 bridgehead atoms. The van der Waals surface area contributed by atoms with E-state index in [-0.39, 0.29) is 17.5 Å². The van der Waals surface area contributed by atoms with E-state index in [9.17, 15) is 8.42 Å². The van der Waals surface area contributed by atoms with E-state index in [0.717, 1.165) is 5.56 Å². The van der Waals surface area contributed by atoms with E-state index in [1.165, 1.54) is 0 Å². The van der Waals surface area contributed by atoms with E-state index in [4.69, 9.17) is 18.0 Å². The van der Waals surface area contributed by atoms with Crippen molar-refractivity contribution in [2.24, 2.45) is 5.73 Å². The van der Waals surface area contributed by atoms with Gasteiger partial charge in [0.2, 0.25) is 0 Å². The summed E-state index contributed by atoms with van der Waals surface area (Å²) in [6.07, 6.45) is 2.21. The Morgan fingerprint density at radius 1 is 1.59 bits per heavy atom. The van der Waals surface area contributed by atoms with Crippen molar-refractivity contribution in [1.29, 1.82) is 0 Å². The molecule has 17 heavy (non-hydrogen) atoms. The molecule has 0 aromatic carbocycles. The summed E-state index contributed by atoms with van der Waals surface area (Å²) < 4.78 is 22.6. The highest BCUT2D eigenvalue weighted by atomic mass is 32.2. The maximum absolute atomic E-state index is 11.3. The fraction of sp³-hybridized carbons (Fsp3) is 0.400.